The molecule has 0 amide bonds. The molecule has 1 aliphatic heterocycles. The Morgan fingerprint density at radius 1 is 1.28 bits per heavy atom. The highest BCUT2D eigenvalue weighted by Crippen LogP contribution is 2.59. The van der Waals surface area contributed by atoms with Crippen LogP contribution in [0.2, 0.25) is 0 Å². The van der Waals surface area contributed by atoms with Crippen LogP contribution in [0.1, 0.15) is 51.7 Å². The molecule has 2 rings (SSSR count). The zero-order chi connectivity index (χ0) is 22.2. The van der Waals surface area contributed by atoms with E-state index in [1.165, 1.54) is 13.8 Å². The van der Waals surface area contributed by atoms with E-state index in [-0.39, 0.29) is 12.0 Å². The number of halogens is 1. The van der Waals surface area contributed by atoms with Gasteiger partial charge in [-0.1, -0.05) is 13.8 Å². The fraction of sp³-hybridized carbons (Fsp3) is 0.750. The summed E-state index contributed by atoms with van der Waals surface area (Å²) in [4.78, 5) is 37.2. The van der Waals surface area contributed by atoms with E-state index in [1.807, 2.05) is 4.98 Å². The largest absolute Gasteiger partial charge is 0.388 e. The first-order chi connectivity index (χ1) is 13.3. The molecule has 1 aliphatic rings. The monoisotopic (exact) mass is 440 g/mol. The van der Waals surface area contributed by atoms with E-state index in [1.54, 1.807) is 0 Å². The number of alkyl halides is 1. The lowest BCUT2D eigenvalue weighted by Crippen LogP contribution is -2.39. The van der Waals surface area contributed by atoms with Gasteiger partial charge < -0.3 is 29.9 Å². The first kappa shape index (κ1) is 23.9. The van der Waals surface area contributed by atoms with Crippen LogP contribution in [0.5, 0.6) is 0 Å². The first-order valence-electron chi connectivity index (χ1n) is 9.05. The molecular weight excluding hydrogens is 414 g/mol. The van der Waals surface area contributed by atoms with Gasteiger partial charge in [0.2, 0.25) is 5.85 Å². The Balaban J connectivity index is 2.24. The van der Waals surface area contributed by atoms with Crippen molar-refractivity contribution < 1.29 is 38.4 Å². The van der Waals surface area contributed by atoms with Crippen LogP contribution in [0.3, 0.4) is 0 Å². The Bertz CT molecular complexity index is 888. The number of hydrogen-bond donors (Lipinski definition) is 6. The van der Waals surface area contributed by atoms with Crippen LogP contribution >= 0.6 is 7.60 Å². The van der Waals surface area contributed by atoms with Gasteiger partial charge in [0.05, 0.1) is 11.7 Å². The van der Waals surface area contributed by atoms with Crippen LogP contribution in [-0.2, 0) is 13.8 Å². The second kappa shape index (κ2) is 8.38. The van der Waals surface area contributed by atoms with E-state index in [4.69, 9.17) is 9.26 Å². The van der Waals surface area contributed by atoms with Crippen LogP contribution in [0.4, 0.5) is 4.39 Å². The molecule has 13 heteroatoms. The highest BCUT2D eigenvalue weighted by molar-refractivity contribution is 7.54. The summed E-state index contributed by atoms with van der Waals surface area (Å²) in [5, 5.41) is 28.3. The van der Waals surface area contributed by atoms with Crippen molar-refractivity contribution in [3.8, 4) is 0 Å². The molecule has 11 nitrogen and oxygen atoms in total. The predicted molar refractivity (Wildman–Crippen MR) is 97.9 cm³/mol. The Morgan fingerprint density at radius 3 is 2.41 bits per heavy atom. The molecule has 29 heavy (non-hydrogen) atoms. The van der Waals surface area contributed by atoms with Crippen molar-refractivity contribution in [3.05, 3.63) is 32.6 Å². The van der Waals surface area contributed by atoms with E-state index >= 15 is 4.39 Å². The lowest BCUT2D eigenvalue weighted by molar-refractivity contribution is -0.128. The maximum absolute atomic E-state index is 15.2. The van der Waals surface area contributed by atoms with Crippen molar-refractivity contribution in [2.75, 3.05) is 0 Å². The van der Waals surface area contributed by atoms with Crippen LogP contribution < -0.4 is 11.2 Å². The number of H-pyrrole nitrogens is 2. The van der Waals surface area contributed by atoms with Gasteiger partial charge in [0.15, 0.2) is 5.34 Å². The van der Waals surface area contributed by atoms with Crippen molar-refractivity contribution in [1.29, 1.82) is 0 Å². The number of hydrogen-bond acceptors (Lipinski definition) is 8. The van der Waals surface area contributed by atoms with Gasteiger partial charge >= 0.3 is 13.3 Å². The minimum atomic E-state index is -4.83. The normalized spacial score (nSPS) is 31.0. The molecule has 0 bridgehead atoms. The average molecular weight is 440 g/mol. The summed E-state index contributed by atoms with van der Waals surface area (Å²) < 4.78 is 37.8. The van der Waals surface area contributed by atoms with E-state index in [0.717, 1.165) is 13.1 Å². The molecule has 0 saturated carbocycles. The van der Waals surface area contributed by atoms with E-state index in [0.29, 0.717) is 0 Å². The summed E-state index contributed by atoms with van der Waals surface area (Å²) in [6.45, 7) is 3.78. The molecule has 7 atom stereocenters. The smallest absolute Gasteiger partial charge is 0.361 e. The van der Waals surface area contributed by atoms with Gasteiger partial charge in [-0.2, -0.15) is 0 Å². The second-order valence-corrected chi connectivity index (χ2v) is 9.41. The molecule has 0 spiro atoms. The number of nitrogens with one attached hydrogen (secondary N) is 2. The number of ether oxygens (including phenoxy) is 1. The van der Waals surface area contributed by atoms with E-state index < -0.39 is 67.3 Å². The zero-order valence-electron chi connectivity index (χ0n) is 16.2. The summed E-state index contributed by atoms with van der Waals surface area (Å²) in [5.41, 5.74) is -1.84. The van der Waals surface area contributed by atoms with Crippen molar-refractivity contribution >= 4 is 7.60 Å². The molecule has 3 unspecified atom stereocenters. The van der Waals surface area contributed by atoms with Gasteiger partial charge in [0, 0.05) is 19.0 Å². The number of aliphatic hydroxyl groups excluding tert-OH is 2. The zero-order valence-corrected chi connectivity index (χ0v) is 17.1. The lowest BCUT2D eigenvalue weighted by Gasteiger charge is -2.34. The topological polar surface area (TPSA) is 182 Å². The number of rotatable bonds is 8. The SMILES string of the molecule is CCC(F)(C[C@H]1O[C@@H](c2c[nH]c(=O)[nH]c2=O)[C@H](O)[C@@H]1O)OP(=O)(O)C(C)(O)CC. The third kappa shape index (κ3) is 4.85. The molecule has 166 valence electrons. The highest BCUT2D eigenvalue weighted by Gasteiger charge is 2.52. The summed E-state index contributed by atoms with van der Waals surface area (Å²) in [6.07, 6.45) is -6.43. The third-order valence-electron chi connectivity index (χ3n) is 5.12. The van der Waals surface area contributed by atoms with Gasteiger partial charge in [-0.15, -0.1) is 0 Å². The van der Waals surface area contributed by atoms with Crippen LogP contribution in [0.15, 0.2) is 15.8 Å². The molecule has 1 fully saturated rings. The lowest BCUT2D eigenvalue weighted by atomic mass is 9.99. The second-order valence-electron chi connectivity index (χ2n) is 7.23. The van der Waals surface area contributed by atoms with Crippen molar-refractivity contribution in [2.45, 2.75) is 75.6 Å². The maximum atomic E-state index is 15.2. The maximum Gasteiger partial charge on any atom is 0.361 e. The predicted octanol–water partition coefficient (Wildman–Crippen LogP) is 0.0113. The molecule has 0 radical (unpaired) electrons. The van der Waals surface area contributed by atoms with Gasteiger partial charge in [-0.05, 0) is 13.3 Å². The molecule has 1 aromatic heterocycles. The minimum Gasteiger partial charge on any atom is -0.388 e. The summed E-state index contributed by atoms with van der Waals surface area (Å²) in [7, 11) is -4.83. The fourth-order valence-corrected chi connectivity index (χ4v) is 4.12. The fourth-order valence-electron chi connectivity index (χ4n) is 2.87. The highest BCUT2D eigenvalue weighted by atomic mass is 31.2. The van der Waals surface area contributed by atoms with Gasteiger partial charge in [-0.25, -0.2) is 9.18 Å². The Hall–Kier alpha value is -1.40. The van der Waals surface area contributed by atoms with Crippen molar-refractivity contribution in [3.63, 3.8) is 0 Å². The molecular formula is C16H26FN2O9P. The summed E-state index contributed by atoms with van der Waals surface area (Å²) in [5.74, 6) is -2.78. The van der Waals surface area contributed by atoms with Gasteiger partial charge in [0.25, 0.3) is 5.56 Å². The summed E-state index contributed by atoms with van der Waals surface area (Å²) in [6, 6.07) is 0. The molecule has 2 heterocycles. The van der Waals surface area contributed by atoms with E-state index in [2.05, 4.69) is 4.98 Å². The van der Waals surface area contributed by atoms with Gasteiger partial charge in [-0.3, -0.25) is 18.9 Å². The number of aromatic amines is 2. The minimum absolute atomic E-state index is 0.182. The van der Waals surface area contributed by atoms with Gasteiger partial charge in [0.1, 0.15) is 18.3 Å². The molecule has 1 saturated heterocycles. The molecule has 0 aliphatic carbocycles. The quantitative estimate of drug-likeness (QED) is 0.303. The average Bonchev–Trinajstić information content (AvgIpc) is 2.89. The third-order valence-corrected chi connectivity index (χ3v) is 7.23. The molecule has 6 N–H and O–H groups in total. The standard InChI is InChI=1S/C16H26FN2O9P/c1-4-15(3,24)29(25,26)28-16(17,5-2)6-9-10(20)11(21)12(27-9)8-7-18-14(23)19-13(8)22/h7,9-12,20-21,24H,4-6H2,1-3H3,(H,25,26)(H2,18,19,22,23)/t9-,10-,11-,12+,15?,16?/m1/s1. The van der Waals surface area contributed by atoms with Crippen LogP contribution in [-0.4, -0.2) is 59.7 Å². The van der Waals surface area contributed by atoms with Crippen molar-refractivity contribution in [2.24, 2.45) is 0 Å². The molecule has 0 aromatic carbocycles. The first-order valence-corrected chi connectivity index (χ1v) is 10.6. The Morgan fingerprint density at radius 2 is 1.90 bits per heavy atom. The van der Waals surface area contributed by atoms with Crippen LogP contribution in [0.25, 0.3) is 0 Å². The van der Waals surface area contributed by atoms with Crippen molar-refractivity contribution in [1.82, 2.24) is 9.97 Å². The molecule has 1 aromatic rings. The number of aliphatic hydroxyl groups is 3. The summed E-state index contributed by atoms with van der Waals surface area (Å²) >= 11 is 0. The number of aromatic nitrogens is 2. The Kier molecular flexibility index (Phi) is 6.90. The van der Waals surface area contributed by atoms with Crippen LogP contribution in [0, 0.1) is 0 Å². The van der Waals surface area contributed by atoms with E-state index in [9.17, 15) is 34.4 Å². The Labute approximate surface area is 165 Å².